The number of aryl methyl sites for hydroxylation is 1. The lowest BCUT2D eigenvalue weighted by atomic mass is 9.73. The van der Waals surface area contributed by atoms with Crippen molar-refractivity contribution in [2.45, 2.75) is 39.5 Å². The van der Waals surface area contributed by atoms with Crippen LogP contribution in [0.5, 0.6) is 0 Å². The highest BCUT2D eigenvalue weighted by molar-refractivity contribution is 6.00. The summed E-state index contributed by atoms with van der Waals surface area (Å²) in [5.74, 6) is -0.161. The number of hydrogen-bond acceptors (Lipinski definition) is 2. The maximum absolute atomic E-state index is 12.1. The van der Waals surface area contributed by atoms with Crippen molar-refractivity contribution < 1.29 is 9.59 Å². The first kappa shape index (κ1) is 13.8. The van der Waals surface area contributed by atoms with Crippen molar-refractivity contribution in [3.05, 3.63) is 35.4 Å². The van der Waals surface area contributed by atoms with Crippen LogP contribution < -0.4 is 5.32 Å². The Labute approximate surface area is 114 Å². The normalized spacial score (nSPS) is 23.6. The molecule has 1 N–H and O–H groups in total. The predicted molar refractivity (Wildman–Crippen MR) is 74.7 cm³/mol. The lowest BCUT2D eigenvalue weighted by molar-refractivity contribution is -0.138. The number of imide groups is 1. The second-order valence-electron chi connectivity index (χ2n) is 5.55. The molecule has 1 saturated heterocycles. The number of hydrogen-bond donors (Lipinski definition) is 1. The molecule has 0 aromatic heterocycles. The van der Waals surface area contributed by atoms with Gasteiger partial charge in [-0.15, -0.1) is 0 Å². The van der Waals surface area contributed by atoms with E-state index in [1.54, 1.807) is 0 Å². The lowest BCUT2D eigenvalue weighted by Crippen LogP contribution is -2.46. The molecule has 2 amide bonds. The monoisotopic (exact) mass is 259 g/mol. The number of amides is 2. The van der Waals surface area contributed by atoms with Crippen LogP contribution in [0.3, 0.4) is 0 Å². The van der Waals surface area contributed by atoms with Crippen molar-refractivity contribution in [1.29, 1.82) is 0 Å². The van der Waals surface area contributed by atoms with Crippen molar-refractivity contribution in [3.63, 3.8) is 0 Å². The van der Waals surface area contributed by atoms with Crippen molar-refractivity contribution in [2.24, 2.45) is 11.8 Å². The smallest absolute Gasteiger partial charge is 0.230 e. The zero-order valence-electron chi connectivity index (χ0n) is 11.8. The SMILES string of the molecule is CCc1ccccc1C1CC(=O)NC(=O)C1C(C)C. The summed E-state index contributed by atoms with van der Waals surface area (Å²) in [7, 11) is 0. The van der Waals surface area contributed by atoms with Gasteiger partial charge in [0.1, 0.15) is 0 Å². The van der Waals surface area contributed by atoms with Gasteiger partial charge in [0.05, 0.1) is 0 Å². The maximum atomic E-state index is 12.1. The van der Waals surface area contributed by atoms with E-state index in [0.717, 1.165) is 12.0 Å². The molecule has 0 bridgehead atoms. The highest BCUT2D eigenvalue weighted by Crippen LogP contribution is 2.37. The van der Waals surface area contributed by atoms with Gasteiger partial charge in [-0.1, -0.05) is 45.0 Å². The number of rotatable bonds is 3. The minimum Gasteiger partial charge on any atom is -0.296 e. The van der Waals surface area contributed by atoms with Crippen molar-refractivity contribution in [1.82, 2.24) is 5.32 Å². The molecule has 3 nitrogen and oxygen atoms in total. The Kier molecular flexibility index (Phi) is 4.03. The minimum atomic E-state index is -0.155. The third-order valence-corrected chi connectivity index (χ3v) is 3.96. The van der Waals surface area contributed by atoms with Gasteiger partial charge in [-0.3, -0.25) is 14.9 Å². The molecule has 2 rings (SSSR count). The maximum Gasteiger partial charge on any atom is 0.230 e. The molecular weight excluding hydrogens is 238 g/mol. The number of carbonyl (C=O) groups excluding carboxylic acids is 2. The molecule has 102 valence electrons. The van der Waals surface area contributed by atoms with E-state index < -0.39 is 0 Å². The molecule has 19 heavy (non-hydrogen) atoms. The summed E-state index contributed by atoms with van der Waals surface area (Å²) in [5.41, 5.74) is 2.40. The van der Waals surface area contributed by atoms with E-state index in [1.165, 1.54) is 5.56 Å². The third-order valence-electron chi connectivity index (χ3n) is 3.96. The summed E-state index contributed by atoms with van der Waals surface area (Å²) in [4.78, 5) is 23.8. The molecule has 2 unspecified atom stereocenters. The summed E-state index contributed by atoms with van der Waals surface area (Å²) >= 11 is 0. The molecule has 1 fully saturated rings. The molecule has 1 aliphatic rings. The Bertz CT molecular complexity index is 493. The first-order valence-corrected chi connectivity index (χ1v) is 6.96. The molecule has 2 atom stereocenters. The number of piperidine rings is 1. The summed E-state index contributed by atoms with van der Waals surface area (Å²) < 4.78 is 0. The van der Waals surface area contributed by atoms with E-state index in [4.69, 9.17) is 0 Å². The standard InChI is InChI=1S/C16H21NO2/c1-4-11-7-5-6-8-12(11)13-9-14(18)17-16(19)15(13)10(2)3/h5-8,10,13,15H,4,9H2,1-3H3,(H,17,18,19). The van der Waals surface area contributed by atoms with Crippen LogP contribution in [0.4, 0.5) is 0 Å². The number of benzene rings is 1. The molecule has 3 heteroatoms. The zero-order valence-corrected chi connectivity index (χ0v) is 11.8. The molecule has 0 saturated carbocycles. The fourth-order valence-corrected chi connectivity index (χ4v) is 3.07. The first-order chi connectivity index (χ1) is 9.04. The summed E-state index contributed by atoms with van der Waals surface area (Å²) in [5, 5.41) is 2.47. The molecule has 0 aliphatic carbocycles. The molecule has 1 aromatic carbocycles. The molecule has 0 radical (unpaired) electrons. The Morgan fingerprint density at radius 2 is 1.95 bits per heavy atom. The van der Waals surface area contributed by atoms with Gasteiger partial charge in [-0.2, -0.15) is 0 Å². The van der Waals surface area contributed by atoms with E-state index in [0.29, 0.717) is 6.42 Å². The molecule has 1 aliphatic heterocycles. The van der Waals surface area contributed by atoms with Crippen molar-refractivity contribution in [2.75, 3.05) is 0 Å². The van der Waals surface area contributed by atoms with E-state index >= 15 is 0 Å². The van der Waals surface area contributed by atoms with Gasteiger partial charge in [-0.25, -0.2) is 0 Å². The first-order valence-electron chi connectivity index (χ1n) is 6.96. The fourth-order valence-electron chi connectivity index (χ4n) is 3.07. The third kappa shape index (κ3) is 2.70. The largest absolute Gasteiger partial charge is 0.296 e. The van der Waals surface area contributed by atoms with E-state index in [-0.39, 0.29) is 29.6 Å². The van der Waals surface area contributed by atoms with Crippen molar-refractivity contribution in [3.8, 4) is 0 Å². The average Bonchev–Trinajstić information content (AvgIpc) is 2.37. The molecule has 1 heterocycles. The van der Waals surface area contributed by atoms with E-state index in [9.17, 15) is 9.59 Å². The van der Waals surface area contributed by atoms with Crippen LogP contribution >= 0.6 is 0 Å². The van der Waals surface area contributed by atoms with Crippen LogP contribution in [-0.2, 0) is 16.0 Å². The molecular formula is C16H21NO2. The van der Waals surface area contributed by atoms with Gasteiger partial charge in [0.25, 0.3) is 0 Å². The summed E-state index contributed by atoms with van der Waals surface area (Å²) in [6.45, 7) is 6.19. The average molecular weight is 259 g/mol. The Hall–Kier alpha value is -1.64. The fraction of sp³-hybridized carbons (Fsp3) is 0.500. The minimum absolute atomic E-state index is 0.0115. The summed E-state index contributed by atoms with van der Waals surface area (Å²) in [6.07, 6.45) is 1.33. The second-order valence-corrected chi connectivity index (χ2v) is 5.55. The van der Waals surface area contributed by atoms with Crippen LogP contribution in [0.1, 0.15) is 44.2 Å². The molecule has 0 spiro atoms. The van der Waals surface area contributed by atoms with Gasteiger partial charge in [0, 0.05) is 18.3 Å². The topological polar surface area (TPSA) is 46.2 Å². The summed E-state index contributed by atoms with van der Waals surface area (Å²) in [6, 6.07) is 8.15. The van der Waals surface area contributed by atoms with Crippen LogP contribution in [0, 0.1) is 11.8 Å². The van der Waals surface area contributed by atoms with Crippen LogP contribution in [0.2, 0.25) is 0 Å². The highest BCUT2D eigenvalue weighted by Gasteiger charge is 2.39. The van der Waals surface area contributed by atoms with Gasteiger partial charge in [0.15, 0.2) is 0 Å². The predicted octanol–water partition coefficient (Wildman–Crippen LogP) is 2.65. The lowest BCUT2D eigenvalue weighted by Gasteiger charge is -2.34. The number of carbonyl (C=O) groups is 2. The Balaban J connectivity index is 2.43. The highest BCUT2D eigenvalue weighted by atomic mass is 16.2. The van der Waals surface area contributed by atoms with Gasteiger partial charge in [0.2, 0.25) is 11.8 Å². The van der Waals surface area contributed by atoms with Gasteiger partial charge < -0.3 is 0 Å². The van der Waals surface area contributed by atoms with Gasteiger partial charge in [-0.05, 0) is 23.5 Å². The zero-order chi connectivity index (χ0) is 14.0. The quantitative estimate of drug-likeness (QED) is 0.848. The van der Waals surface area contributed by atoms with Crippen molar-refractivity contribution >= 4 is 11.8 Å². The van der Waals surface area contributed by atoms with Crippen LogP contribution in [-0.4, -0.2) is 11.8 Å². The Morgan fingerprint density at radius 3 is 2.58 bits per heavy atom. The van der Waals surface area contributed by atoms with Crippen LogP contribution in [0.15, 0.2) is 24.3 Å². The Morgan fingerprint density at radius 1 is 1.26 bits per heavy atom. The van der Waals surface area contributed by atoms with E-state index in [1.807, 2.05) is 26.0 Å². The van der Waals surface area contributed by atoms with E-state index in [2.05, 4.69) is 24.4 Å². The van der Waals surface area contributed by atoms with Gasteiger partial charge >= 0.3 is 0 Å². The number of nitrogens with one attached hydrogen (secondary N) is 1. The second kappa shape index (κ2) is 5.55. The molecule has 1 aromatic rings. The van der Waals surface area contributed by atoms with Crippen LogP contribution in [0.25, 0.3) is 0 Å².